The van der Waals surface area contributed by atoms with Crippen LogP contribution in [0, 0.1) is 0 Å². The van der Waals surface area contributed by atoms with Gasteiger partial charge in [0.2, 0.25) is 5.91 Å². The number of carbonyl (C=O) groups is 1. The predicted octanol–water partition coefficient (Wildman–Crippen LogP) is 23.9. The van der Waals surface area contributed by atoms with Crippen LogP contribution in [0.15, 0.2) is 36.5 Å². The number of rotatable bonds is 66. The summed E-state index contributed by atoms with van der Waals surface area (Å²) >= 11 is 0. The van der Waals surface area contributed by atoms with Crippen molar-refractivity contribution >= 4 is 5.91 Å². The van der Waals surface area contributed by atoms with Crippen molar-refractivity contribution in [3.05, 3.63) is 36.5 Å². The maximum absolute atomic E-state index is 12.5. The third kappa shape index (κ3) is 63.4. The van der Waals surface area contributed by atoms with Gasteiger partial charge in [0.25, 0.3) is 0 Å². The Morgan fingerprint density at radius 3 is 0.789 bits per heavy atom. The molecule has 0 rings (SSSR count). The molecule has 0 bridgehead atoms. The van der Waals surface area contributed by atoms with Gasteiger partial charge in [0.1, 0.15) is 0 Å². The molecule has 0 heterocycles. The third-order valence-corrected chi connectivity index (χ3v) is 16.6. The second kappa shape index (κ2) is 67.9. The SMILES string of the molecule is CCCCCCC/C=C\C/C=C\CCCCCCCCCCCCCCCCCCCCCC(=O)NC(CO)C(O)/C=C/CCCCCCCCCCCCCCCCCCCCCCCCCCCCCCCCC. The number of unbranched alkanes of at least 4 members (excludes halogenated alkanes) is 55. The molecular formula is C72H139NO3. The second-order valence-electron chi connectivity index (χ2n) is 24.3. The third-order valence-electron chi connectivity index (χ3n) is 16.6. The molecule has 4 nitrogen and oxygen atoms in total. The molecule has 0 aliphatic heterocycles. The zero-order valence-electron chi connectivity index (χ0n) is 52.1. The van der Waals surface area contributed by atoms with Crippen LogP contribution in [0.1, 0.15) is 399 Å². The van der Waals surface area contributed by atoms with Gasteiger partial charge in [-0.3, -0.25) is 4.79 Å². The highest BCUT2D eigenvalue weighted by Gasteiger charge is 2.18. The van der Waals surface area contributed by atoms with Gasteiger partial charge in [-0.2, -0.15) is 0 Å². The number of carbonyl (C=O) groups excluding carboxylic acids is 1. The Morgan fingerprint density at radius 2 is 0.539 bits per heavy atom. The highest BCUT2D eigenvalue weighted by atomic mass is 16.3. The van der Waals surface area contributed by atoms with E-state index in [1.807, 2.05) is 6.08 Å². The number of nitrogens with one attached hydrogen (secondary N) is 1. The lowest BCUT2D eigenvalue weighted by molar-refractivity contribution is -0.123. The molecule has 76 heavy (non-hydrogen) atoms. The second-order valence-corrected chi connectivity index (χ2v) is 24.3. The Labute approximate surface area is 478 Å². The van der Waals surface area contributed by atoms with Crippen molar-refractivity contribution in [1.29, 1.82) is 0 Å². The Morgan fingerprint density at radius 1 is 0.316 bits per heavy atom. The number of allylic oxidation sites excluding steroid dienone is 5. The van der Waals surface area contributed by atoms with Crippen LogP contribution in [0.5, 0.6) is 0 Å². The molecule has 1 amide bonds. The molecule has 2 unspecified atom stereocenters. The van der Waals surface area contributed by atoms with Gasteiger partial charge in [-0.1, -0.05) is 378 Å². The molecular weight excluding hydrogens is 927 g/mol. The first kappa shape index (κ1) is 74.6. The molecule has 4 heteroatoms. The van der Waals surface area contributed by atoms with Gasteiger partial charge in [0.15, 0.2) is 0 Å². The molecule has 0 radical (unpaired) electrons. The summed E-state index contributed by atoms with van der Waals surface area (Å²) in [5.74, 6) is -0.0559. The normalized spacial score (nSPS) is 12.8. The monoisotopic (exact) mass is 1070 g/mol. The average Bonchev–Trinajstić information content (AvgIpc) is 3.42. The predicted molar refractivity (Wildman–Crippen MR) is 341 cm³/mol. The van der Waals surface area contributed by atoms with Crippen molar-refractivity contribution in [2.45, 2.75) is 411 Å². The highest BCUT2D eigenvalue weighted by molar-refractivity contribution is 5.76. The molecule has 0 aliphatic carbocycles. The van der Waals surface area contributed by atoms with Gasteiger partial charge in [-0.05, 0) is 51.4 Å². The molecule has 3 N–H and O–H groups in total. The summed E-state index contributed by atoms with van der Waals surface area (Å²) in [7, 11) is 0. The van der Waals surface area contributed by atoms with Gasteiger partial charge < -0.3 is 15.5 Å². The van der Waals surface area contributed by atoms with E-state index in [2.05, 4.69) is 43.5 Å². The summed E-state index contributed by atoms with van der Waals surface area (Å²) in [6.45, 7) is 4.35. The van der Waals surface area contributed by atoms with Crippen molar-refractivity contribution in [3.63, 3.8) is 0 Å². The van der Waals surface area contributed by atoms with E-state index < -0.39 is 12.1 Å². The quantitative estimate of drug-likeness (QED) is 0.0420. The molecule has 2 atom stereocenters. The minimum Gasteiger partial charge on any atom is -0.394 e. The maximum Gasteiger partial charge on any atom is 0.220 e. The van der Waals surface area contributed by atoms with E-state index in [-0.39, 0.29) is 12.5 Å². The van der Waals surface area contributed by atoms with E-state index in [0.717, 1.165) is 32.1 Å². The summed E-state index contributed by atoms with van der Waals surface area (Å²) in [5, 5.41) is 23.3. The van der Waals surface area contributed by atoms with Crippen LogP contribution in [0.4, 0.5) is 0 Å². The van der Waals surface area contributed by atoms with E-state index in [9.17, 15) is 15.0 Å². The Bertz CT molecular complexity index is 1160. The molecule has 0 spiro atoms. The van der Waals surface area contributed by atoms with Crippen LogP contribution < -0.4 is 5.32 Å². The van der Waals surface area contributed by atoms with Crippen LogP contribution >= 0.6 is 0 Å². The Hall–Kier alpha value is -1.39. The average molecular weight is 1070 g/mol. The summed E-state index contributed by atoms with van der Waals surface area (Å²) in [4.78, 5) is 12.5. The van der Waals surface area contributed by atoms with Crippen LogP contribution in [0.2, 0.25) is 0 Å². The van der Waals surface area contributed by atoms with E-state index in [1.54, 1.807) is 6.08 Å². The summed E-state index contributed by atoms with van der Waals surface area (Å²) < 4.78 is 0. The van der Waals surface area contributed by atoms with Gasteiger partial charge in [0.05, 0.1) is 18.8 Å². The van der Waals surface area contributed by atoms with Crippen molar-refractivity contribution in [3.8, 4) is 0 Å². The van der Waals surface area contributed by atoms with Gasteiger partial charge in [-0.15, -0.1) is 0 Å². The van der Waals surface area contributed by atoms with E-state index >= 15 is 0 Å². The first-order valence-electron chi connectivity index (χ1n) is 35.2. The van der Waals surface area contributed by atoms with Gasteiger partial charge in [0, 0.05) is 6.42 Å². The molecule has 0 saturated heterocycles. The fraction of sp³-hybridized carbons (Fsp3) is 0.903. The first-order valence-corrected chi connectivity index (χ1v) is 35.2. The first-order chi connectivity index (χ1) is 37.7. The maximum atomic E-state index is 12.5. The van der Waals surface area contributed by atoms with Crippen molar-refractivity contribution < 1.29 is 15.0 Å². The van der Waals surface area contributed by atoms with E-state index in [1.165, 1.54) is 347 Å². The lowest BCUT2D eigenvalue weighted by atomic mass is 10.0. The highest BCUT2D eigenvalue weighted by Crippen LogP contribution is 2.19. The topological polar surface area (TPSA) is 69.6 Å². The van der Waals surface area contributed by atoms with Crippen molar-refractivity contribution in [1.82, 2.24) is 5.32 Å². The van der Waals surface area contributed by atoms with Crippen LogP contribution in [0.3, 0.4) is 0 Å². The Balaban J connectivity index is 3.41. The lowest BCUT2D eigenvalue weighted by Gasteiger charge is -2.20. The summed E-state index contributed by atoms with van der Waals surface area (Å²) in [6, 6.07) is -0.623. The fourth-order valence-electron chi connectivity index (χ4n) is 11.3. The lowest BCUT2D eigenvalue weighted by Crippen LogP contribution is -2.45. The molecule has 0 fully saturated rings. The van der Waals surface area contributed by atoms with E-state index in [4.69, 9.17) is 0 Å². The molecule has 0 saturated carbocycles. The minimum absolute atomic E-state index is 0.0559. The zero-order valence-corrected chi connectivity index (χ0v) is 52.1. The number of aliphatic hydroxyl groups is 2. The number of aliphatic hydroxyl groups excluding tert-OH is 2. The zero-order chi connectivity index (χ0) is 54.8. The standard InChI is InChI=1S/C72H139NO3/c1-3-5-7-9-11-13-15-17-19-21-23-25-27-29-31-33-35-36-38-39-41-43-45-47-49-51-53-55-57-59-61-63-65-67-71(75)70(69-74)73-72(76)68-66-64-62-60-58-56-54-52-50-48-46-44-42-40-37-34-32-30-28-26-24-22-20-18-16-14-12-10-8-6-4-2/h16,18,22,24,65,67,70-71,74-75H,3-15,17,19-21,23,25-64,66,68-69H2,1-2H3,(H,73,76)/b18-16-,24-22-,67-65+. The largest absolute Gasteiger partial charge is 0.394 e. The Kier molecular flexibility index (Phi) is 66.6. The smallest absolute Gasteiger partial charge is 0.220 e. The number of hydrogen-bond donors (Lipinski definition) is 3. The molecule has 0 aromatic rings. The molecule has 450 valence electrons. The minimum atomic E-state index is -0.840. The summed E-state index contributed by atoms with van der Waals surface area (Å²) in [6.07, 6.45) is 93.8. The van der Waals surface area contributed by atoms with Crippen LogP contribution in [-0.2, 0) is 4.79 Å². The van der Waals surface area contributed by atoms with E-state index in [0.29, 0.717) is 6.42 Å². The number of amides is 1. The van der Waals surface area contributed by atoms with Crippen LogP contribution in [-0.4, -0.2) is 34.9 Å². The molecule has 0 aromatic heterocycles. The van der Waals surface area contributed by atoms with Gasteiger partial charge in [-0.25, -0.2) is 0 Å². The number of hydrogen-bond acceptors (Lipinski definition) is 3. The van der Waals surface area contributed by atoms with Gasteiger partial charge >= 0.3 is 0 Å². The molecule has 0 aliphatic rings. The van der Waals surface area contributed by atoms with Crippen molar-refractivity contribution in [2.75, 3.05) is 6.61 Å². The van der Waals surface area contributed by atoms with Crippen molar-refractivity contribution in [2.24, 2.45) is 0 Å². The summed E-state index contributed by atoms with van der Waals surface area (Å²) in [5.41, 5.74) is 0. The fourth-order valence-corrected chi connectivity index (χ4v) is 11.3. The molecule has 0 aromatic carbocycles. The van der Waals surface area contributed by atoms with Crippen LogP contribution in [0.25, 0.3) is 0 Å².